The molecule has 0 saturated heterocycles. The lowest BCUT2D eigenvalue weighted by Crippen LogP contribution is -2.53. The summed E-state index contributed by atoms with van der Waals surface area (Å²) in [5.41, 5.74) is 0.529. The predicted octanol–water partition coefficient (Wildman–Crippen LogP) is 4.01. The van der Waals surface area contributed by atoms with Crippen molar-refractivity contribution < 1.29 is 27.6 Å². The van der Waals surface area contributed by atoms with Crippen molar-refractivity contribution in [3.63, 3.8) is 0 Å². The van der Waals surface area contributed by atoms with E-state index in [4.69, 9.17) is 4.74 Å². The molecule has 8 heteroatoms. The fraction of sp³-hybridized carbons (Fsp3) is 0.278. The molecule has 0 unspecified atom stereocenters. The number of nitro groups is 1. The molecule has 0 aromatic heterocycles. The zero-order valence-corrected chi connectivity index (χ0v) is 13.3. The van der Waals surface area contributed by atoms with Crippen LogP contribution in [0.15, 0.2) is 54.6 Å². The first-order chi connectivity index (χ1) is 12.3. The van der Waals surface area contributed by atoms with E-state index in [9.17, 15) is 28.1 Å². The lowest BCUT2D eigenvalue weighted by atomic mass is 9.81. The smallest absolute Gasteiger partial charge is 0.432 e. The highest BCUT2D eigenvalue weighted by atomic mass is 19.4. The van der Waals surface area contributed by atoms with E-state index < -0.39 is 41.4 Å². The molecule has 3 rings (SSSR count). The summed E-state index contributed by atoms with van der Waals surface area (Å²) in [4.78, 5) is 23.0. The summed E-state index contributed by atoms with van der Waals surface area (Å²) in [5.74, 6) is -1.78. The van der Waals surface area contributed by atoms with Gasteiger partial charge in [-0.2, -0.15) is 13.2 Å². The highest BCUT2D eigenvalue weighted by Crippen LogP contribution is 2.44. The number of alkyl halides is 3. The maximum atomic E-state index is 13.4. The maximum Gasteiger partial charge on any atom is 0.432 e. The van der Waals surface area contributed by atoms with Gasteiger partial charge in [0.1, 0.15) is 5.75 Å². The molecule has 136 valence electrons. The number of hydrogen-bond donors (Lipinski definition) is 0. The van der Waals surface area contributed by atoms with Crippen molar-refractivity contribution in [1.29, 1.82) is 0 Å². The lowest BCUT2D eigenvalue weighted by molar-refractivity contribution is -0.548. The van der Waals surface area contributed by atoms with Crippen LogP contribution in [0.25, 0.3) is 0 Å². The lowest BCUT2D eigenvalue weighted by Gasteiger charge is -2.35. The van der Waals surface area contributed by atoms with Gasteiger partial charge >= 0.3 is 6.18 Å². The van der Waals surface area contributed by atoms with E-state index in [0.29, 0.717) is 5.56 Å². The number of para-hydroxylation sites is 1. The molecule has 0 fully saturated rings. The van der Waals surface area contributed by atoms with Crippen LogP contribution in [0.2, 0.25) is 0 Å². The minimum absolute atomic E-state index is 0.0845. The van der Waals surface area contributed by atoms with Gasteiger partial charge in [0, 0.05) is 22.5 Å². The molecule has 2 aromatic rings. The number of carbonyl (C=O) groups is 1. The highest BCUT2D eigenvalue weighted by molar-refractivity contribution is 5.96. The minimum atomic E-state index is -4.93. The van der Waals surface area contributed by atoms with E-state index in [1.54, 1.807) is 24.3 Å². The zero-order valence-electron chi connectivity index (χ0n) is 13.3. The Balaban J connectivity index is 2.03. The van der Waals surface area contributed by atoms with Crippen LogP contribution in [0.4, 0.5) is 13.2 Å². The van der Waals surface area contributed by atoms with Gasteiger partial charge in [0.15, 0.2) is 5.78 Å². The second-order valence-corrected chi connectivity index (χ2v) is 5.99. The van der Waals surface area contributed by atoms with Gasteiger partial charge in [0.25, 0.3) is 12.1 Å². The first kappa shape index (κ1) is 17.9. The van der Waals surface area contributed by atoms with E-state index in [2.05, 4.69) is 0 Å². The van der Waals surface area contributed by atoms with E-state index in [1.807, 2.05) is 0 Å². The van der Waals surface area contributed by atoms with E-state index in [0.717, 1.165) is 0 Å². The van der Waals surface area contributed by atoms with Crippen LogP contribution in [0, 0.1) is 10.1 Å². The number of fused-ring (bicyclic) bond motifs is 1. The van der Waals surface area contributed by atoms with Gasteiger partial charge in [-0.1, -0.05) is 48.5 Å². The molecule has 0 bridgehead atoms. The van der Waals surface area contributed by atoms with Gasteiger partial charge in [-0.05, 0) is 6.07 Å². The Hall–Kier alpha value is -2.90. The van der Waals surface area contributed by atoms with Crippen molar-refractivity contribution in [1.82, 2.24) is 0 Å². The fourth-order valence-electron chi connectivity index (χ4n) is 3.19. The molecular formula is C18H14F3NO4. The largest absolute Gasteiger partial charge is 0.473 e. The number of benzene rings is 2. The Labute approximate surface area is 146 Å². The van der Waals surface area contributed by atoms with Crippen molar-refractivity contribution in [2.75, 3.05) is 0 Å². The van der Waals surface area contributed by atoms with E-state index in [1.165, 1.54) is 30.3 Å². The fourth-order valence-corrected chi connectivity index (χ4v) is 3.19. The molecule has 5 nitrogen and oxygen atoms in total. The van der Waals surface area contributed by atoms with Crippen molar-refractivity contribution in [2.24, 2.45) is 0 Å². The normalized spacial score (nSPS) is 22.2. The Morgan fingerprint density at radius 1 is 1.08 bits per heavy atom. The van der Waals surface area contributed by atoms with Gasteiger partial charge in [0.2, 0.25) is 0 Å². The van der Waals surface area contributed by atoms with Gasteiger partial charge in [-0.15, -0.1) is 0 Å². The first-order valence-electron chi connectivity index (χ1n) is 7.83. The van der Waals surface area contributed by atoms with E-state index in [-0.39, 0.29) is 11.3 Å². The summed E-state index contributed by atoms with van der Waals surface area (Å²) >= 11 is 0. The predicted molar refractivity (Wildman–Crippen MR) is 85.8 cm³/mol. The molecule has 1 aliphatic heterocycles. The molecule has 0 spiro atoms. The van der Waals surface area contributed by atoms with Gasteiger partial charge in [-0.3, -0.25) is 14.9 Å². The summed E-state index contributed by atoms with van der Waals surface area (Å²) in [6, 6.07) is 11.7. The van der Waals surface area contributed by atoms with Crippen molar-refractivity contribution in [3.05, 3.63) is 75.8 Å². The van der Waals surface area contributed by atoms with Gasteiger partial charge < -0.3 is 4.74 Å². The molecule has 1 heterocycles. The van der Waals surface area contributed by atoms with E-state index >= 15 is 0 Å². The number of hydrogen-bond acceptors (Lipinski definition) is 4. The molecule has 1 aliphatic rings. The Kier molecular flexibility index (Phi) is 4.67. The monoisotopic (exact) mass is 365 g/mol. The standard InChI is InChI=1S/C18H14F3NO4/c19-18(20,21)17-16(22(24)25)13(12-8-4-5-9-15(12)26-17)10-14(23)11-6-2-1-3-7-11/h1-9,13,16-17H,10H2/t13-,16+,17+/m0/s1. The summed E-state index contributed by atoms with van der Waals surface area (Å²) in [6.45, 7) is 0. The third-order valence-electron chi connectivity index (χ3n) is 4.36. The van der Waals surface area contributed by atoms with Crippen LogP contribution in [-0.2, 0) is 0 Å². The second-order valence-electron chi connectivity index (χ2n) is 5.99. The maximum absolute atomic E-state index is 13.4. The summed E-state index contributed by atoms with van der Waals surface area (Å²) < 4.78 is 45.0. The van der Waals surface area contributed by atoms with Crippen LogP contribution >= 0.6 is 0 Å². The van der Waals surface area contributed by atoms with Crippen LogP contribution in [-0.4, -0.2) is 29.0 Å². The second kappa shape index (κ2) is 6.78. The molecule has 2 aromatic carbocycles. The Morgan fingerprint density at radius 3 is 2.31 bits per heavy atom. The number of halogens is 3. The third-order valence-corrected chi connectivity index (χ3v) is 4.36. The summed E-state index contributed by atoms with van der Waals surface area (Å²) in [6.07, 6.45) is -7.96. The number of rotatable bonds is 4. The molecule has 0 radical (unpaired) electrons. The first-order valence-corrected chi connectivity index (χ1v) is 7.83. The topological polar surface area (TPSA) is 69.4 Å². The number of ketones is 1. The van der Waals surface area contributed by atoms with Gasteiger partial charge in [0.05, 0.1) is 5.92 Å². The molecule has 26 heavy (non-hydrogen) atoms. The van der Waals surface area contributed by atoms with Crippen LogP contribution < -0.4 is 4.74 Å². The quantitative estimate of drug-likeness (QED) is 0.466. The van der Waals surface area contributed by atoms with Crippen molar-refractivity contribution in [3.8, 4) is 5.75 Å². The Bertz CT molecular complexity index is 823. The summed E-state index contributed by atoms with van der Waals surface area (Å²) in [7, 11) is 0. The van der Waals surface area contributed by atoms with Crippen molar-refractivity contribution in [2.45, 2.75) is 30.7 Å². The number of ether oxygens (including phenoxy) is 1. The van der Waals surface area contributed by atoms with Crippen LogP contribution in [0.1, 0.15) is 28.3 Å². The number of nitrogens with zero attached hydrogens (tertiary/aromatic N) is 1. The zero-order chi connectivity index (χ0) is 18.9. The molecule has 0 amide bonds. The molecular weight excluding hydrogens is 351 g/mol. The summed E-state index contributed by atoms with van der Waals surface area (Å²) in [5, 5.41) is 11.5. The average Bonchev–Trinajstić information content (AvgIpc) is 2.61. The molecule has 0 aliphatic carbocycles. The number of Topliss-reactive ketones (excluding diaryl/α,β-unsaturated/α-hetero) is 1. The molecule has 0 N–H and O–H groups in total. The van der Waals surface area contributed by atoms with Gasteiger partial charge in [-0.25, -0.2) is 0 Å². The SMILES string of the molecule is O=C(C[C@H]1c2ccccc2O[C@@H](C(F)(F)F)[C@@H]1[N+](=O)[O-])c1ccccc1. The average molecular weight is 365 g/mol. The highest BCUT2D eigenvalue weighted by Gasteiger charge is 2.59. The minimum Gasteiger partial charge on any atom is -0.473 e. The van der Waals surface area contributed by atoms with Crippen molar-refractivity contribution >= 4 is 5.78 Å². The molecule has 0 saturated carbocycles. The van der Waals surface area contributed by atoms with Crippen LogP contribution in [0.5, 0.6) is 5.75 Å². The molecule has 3 atom stereocenters. The number of carbonyl (C=O) groups excluding carboxylic acids is 1. The Morgan fingerprint density at radius 2 is 1.69 bits per heavy atom. The third kappa shape index (κ3) is 3.40. The van der Waals surface area contributed by atoms with Crippen LogP contribution in [0.3, 0.4) is 0 Å².